The van der Waals surface area contributed by atoms with E-state index < -0.39 is 5.60 Å². The number of hydrogen-bond donors (Lipinski definition) is 1. The van der Waals surface area contributed by atoms with Crippen LogP contribution in [0, 0.1) is 6.92 Å². The largest absolute Gasteiger partial charge is 0.386 e. The van der Waals surface area contributed by atoms with E-state index >= 15 is 0 Å². The topological polar surface area (TPSA) is 64.3 Å². The van der Waals surface area contributed by atoms with Crippen LogP contribution in [0.2, 0.25) is 0 Å². The Morgan fingerprint density at radius 3 is 2.45 bits per heavy atom. The molecule has 2 rings (SSSR count). The van der Waals surface area contributed by atoms with Crippen molar-refractivity contribution in [3.63, 3.8) is 0 Å². The van der Waals surface area contributed by atoms with Crippen molar-refractivity contribution in [3.8, 4) is 11.3 Å². The second-order valence-corrected chi connectivity index (χ2v) is 5.89. The van der Waals surface area contributed by atoms with Gasteiger partial charge in [-0.1, -0.05) is 29.8 Å². The minimum atomic E-state index is -1.23. The summed E-state index contributed by atoms with van der Waals surface area (Å²) in [5.41, 5.74) is 1.53. The summed E-state index contributed by atoms with van der Waals surface area (Å²) < 4.78 is 6.38. The van der Waals surface area contributed by atoms with E-state index in [0.717, 1.165) is 11.1 Å². The van der Waals surface area contributed by atoms with Gasteiger partial charge in [0.05, 0.1) is 30.0 Å². The Kier molecular flexibility index (Phi) is 4.78. The van der Waals surface area contributed by atoms with Gasteiger partial charge in [0.25, 0.3) is 5.56 Å². The lowest BCUT2D eigenvalue weighted by Gasteiger charge is -2.19. The van der Waals surface area contributed by atoms with Crippen molar-refractivity contribution in [1.29, 1.82) is 0 Å². The van der Waals surface area contributed by atoms with Crippen LogP contribution in [0.4, 0.5) is 0 Å². The average Bonchev–Trinajstić information content (AvgIpc) is 2.46. The number of nitrogens with zero attached hydrogens (tertiary/aromatic N) is 2. The van der Waals surface area contributed by atoms with E-state index in [1.807, 2.05) is 31.2 Å². The smallest absolute Gasteiger partial charge is 0.272 e. The molecule has 0 atom stereocenters. The van der Waals surface area contributed by atoms with E-state index in [1.165, 1.54) is 4.68 Å². The van der Waals surface area contributed by atoms with Gasteiger partial charge in [-0.15, -0.1) is 0 Å². The maximum Gasteiger partial charge on any atom is 0.272 e. The van der Waals surface area contributed by atoms with Gasteiger partial charge in [0.1, 0.15) is 0 Å². The average molecular weight is 302 g/mol. The van der Waals surface area contributed by atoms with Crippen molar-refractivity contribution >= 4 is 0 Å². The third kappa shape index (κ3) is 3.61. The quantitative estimate of drug-likeness (QED) is 0.918. The molecule has 0 aliphatic heterocycles. The first kappa shape index (κ1) is 16.4. The van der Waals surface area contributed by atoms with E-state index in [1.54, 1.807) is 27.0 Å². The van der Waals surface area contributed by atoms with Gasteiger partial charge < -0.3 is 9.84 Å². The normalized spacial score (nSPS) is 11.7. The van der Waals surface area contributed by atoms with Gasteiger partial charge in [-0.2, -0.15) is 5.10 Å². The second-order valence-electron chi connectivity index (χ2n) is 5.89. The Morgan fingerprint density at radius 2 is 1.91 bits per heavy atom. The fourth-order valence-corrected chi connectivity index (χ4v) is 2.17. The standard InChI is InChI=1S/C17H22N2O3/c1-12-5-7-13(8-6-12)15-11-14(17(2,3)21)16(20)19(18-15)9-10-22-4/h5-8,11,21H,9-10H2,1-4H3. The lowest BCUT2D eigenvalue weighted by Crippen LogP contribution is -2.34. The number of aromatic nitrogens is 2. The summed E-state index contributed by atoms with van der Waals surface area (Å²) >= 11 is 0. The molecule has 0 unspecified atom stereocenters. The first-order valence-corrected chi connectivity index (χ1v) is 7.24. The molecular formula is C17H22N2O3. The van der Waals surface area contributed by atoms with Crippen LogP contribution in [0.3, 0.4) is 0 Å². The molecule has 0 amide bonds. The third-order valence-electron chi connectivity index (χ3n) is 3.49. The van der Waals surface area contributed by atoms with Crippen LogP contribution in [-0.4, -0.2) is 28.6 Å². The lowest BCUT2D eigenvalue weighted by molar-refractivity contribution is 0.0758. The summed E-state index contributed by atoms with van der Waals surface area (Å²) in [7, 11) is 1.58. The molecular weight excluding hydrogens is 280 g/mol. The van der Waals surface area contributed by atoms with Crippen LogP contribution in [0.5, 0.6) is 0 Å². The zero-order valence-electron chi connectivity index (χ0n) is 13.5. The van der Waals surface area contributed by atoms with E-state index in [4.69, 9.17) is 4.74 Å². The van der Waals surface area contributed by atoms with Crippen molar-refractivity contribution in [1.82, 2.24) is 9.78 Å². The van der Waals surface area contributed by atoms with Crippen LogP contribution in [0.25, 0.3) is 11.3 Å². The molecule has 0 aliphatic carbocycles. The van der Waals surface area contributed by atoms with Crippen LogP contribution >= 0.6 is 0 Å². The molecule has 0 saturated carbocycles. The predicted octanol–water partition coefficient (Wildman–Crippen LogP) is 2.09. The molecule has 0 radical (unpaired) electrons. The van der Waals surface area contributed by atoms with Crippen LogP contribution in [0.1, 0.15) is 25.0 Å². The SMILES string of the molecule is COCCn1nc(-c2ccc(C)cc2)cc(C(C)(C)O)c1=O. The van der Waals surface area contributed by atoms with Gasteiger partial charge in [-0.3, -0.25) is 4.79 Å². The highest BCUT2D eigenvalue weighted by Crippen LogP contribution is 2.22. The zero-order valence-corrected chi connectivity index (χ0v) is 13.5. The molecule has 5 heteroatoms. The first-order chi connectivity index (χ1) is 10.3. The first-order valence-electron chi connectivity index (χ1n) is 7.24. The Balaban J connectivity index is 2.59. The molecule has 1 aromatic carbocycles. The Morgan fingerprint density at radius 1 is 1.27 bits per heavy atom. The number of rotatable bonds is 5. The number of ether oxygens (including phenoxy) is 1. The maximum atomic E-state index is 12.4. The van der Waals surface area contributed by atoms with E-state index in [-0.39, 0.29) is 5.56 Å². The maximum absolute atomic E-state index is 12.4. The summed E-state index contributed by atoms with van der Waals surface area (Å²) in [4.78, 5) is 12.4. The summed E-state index contributed by atoms with van der Waals surface area (Å²) in [5, 5.41) is 14.7. The third-order valence-corrected chi connectivity index (χ3v) is 3.49. The fourth-order valence-electron chi connectivity index (χ4n) is 2.17. The predicted molar refractivity (Wildman–Crippen MR) is 85.8 cm³/mol. The Bertz CT molecular complexity index is 697. The highest BCUT2D eigenvalue weighted by Gasteiger charge is 2.23. The van der Waals surface area contributed by atoms with E-state index in [2.05, 4.69) is 5.10 Å². The molecule has 1 N–H and O–H groups in total. The molecule has 0 bridgehead atoms. The zero-order chi connectivity index (χ0) is 16.3. The number of hydrogen-bond acceptors (Lipinski definition) is 4. The van der Waals surface area contributed by atoms with Gasteiger partial charge in [0, 0.05) is 12.7 Å². The number of methoxy groups -OCH3 is 1. The molecule has 1 aromatic heterocycles. The Hall–Kier alpha value is -1.98. The minimum absolute atomic E-state index is 0.291. The molecule has 0 saturated heterocycles. The highest BCUT2D eigenvalue weighted by molar-refractivity contribution is 5.59. The number of benzene rings is 1. The van der Waals surface area contributed by atoms with E-state index in [0.29, 0.717) is 24.4 Å². The van der Waals surface area contributed by atoms with Crippen LogP contribution in [-0.2, 0) is 16.9 Å². The molecule has 22 heavy (non-hydrogen) atoms. The van der Waals surface area contributed by atoms with Crippen molar-refractivity contribution in [2.75, 3.05) is 13.7 Å². The van der Waals surface area contributed by atoms with Gasteiger partial charge >= 0.3 is 0 Å². The van der Waals surface area contributed by atoms with Crippen molar-refractivity contribution in [2.45, 2.75) is 32.9 Å². The molecule has 0 fully saturated rings. The fraction of sp³-hybridized carbons (Fsp3) is 0.412. The second kappa shape index (κ2) is 6.42. The summed E-state index contributed by atoms with van der Waals surface area (Å²) in [6, 6.07) is 9.56. The highest BCUT2D eigenvalue weighted by atomic mass is 16.5. The number of aliphatic hydroxyl groups is 1. The van der Waals surface area contributed by atoms with Crippen molar-refractivity contribution in [3.05, 3.63) is 51.8 Å². The molecule has 1 heterocycles. The molecule has 0 spiro atoms. The summed E-state index contributed by atoms with van der Waals surface area (Å²) in [6.45, 7) is 5.94. The lowest BCUT2D eigenvalue weighted by atomic mass is 9.98. The van der Waals surface area contributed by atoms with Crippen molar-refractivity contribution < 1.29 is 9.84 Å². The Labute approximate surface area is 130 Å². The monoisotopic (exact) mass is 302 g/mol. The van der Waals surface area contributed by atoms with Crippen molar-refractivity contribution in [2.24, 2.45) is 0 Å². The van der Waals surface area contributed by atoms with Crippen LogP contribution < -0.4 is 5.56 Å². The molecule has 0 aliphatic rings. The minimum Gasteiger partial charge on any atom is -0.386 e. The van der Waals surface area contributed by atoms with Gasteiger partial charge in [-0.05, 0) is 26.8 Å². The van der Waals surface area contributed by atoms with E-state index in [9.17, 15) is 9.90 Å². The van der Waals surface area contributed by atoms with Gasteiger partial charge in [0.15, 0.2) is 0 Å². The van der Waals surface area contributed by atoms with Crippen LogP contribution in [0.15, 0.2) is 35.1 Å². The summed E-state index contributed by atoms with van der Waals surface area (Å²) in [6.07, 6.45) is 0. The molecule has 2 aromatic rings. The van der Waals surface area contributed by atoms with Gasteiger partial charge in [-0.25, -0.2) is 4.68 Å². The molecule has 118 valence electrons. The number of aryl methyl sites for hydroxylation is 1. The van der Waals surface area contributed by atoms with Gasteiger partial charge in [0.2, 0.25) is 0 Å². The summed E-state index contributed by atoms with van der Waals surface area (Å²) in [5.74, 6) is 0. The molecule has 5 nitrogen and oxygen atoms in total.